The van der Waals surface area contributed by atoms with Gasteiger partial charge in [0.2, 0.25) is 5.91 Å². The molecule has 0 aliphatic carbocycles. The number of nitrogens with zero attached hydrogens (tertiary/aromatic N) is 2. The van der Waals surface area contributed by atoms with Gasteiger partial charge in [0.05, 0.1) is 4.92 Å². The highest BCUT2D eigenvalue weighted by atomic mass is 32.2. The summed E-state index contributed by atoms with van der Waals surface area (Å²) < 4.78 is 23.8. The second kappa shape index (κ2) is 7.81. The summed E-state index contributed by atoms with van der Waals surface area (Å²) in [5.74, 6) is -0.0336. The van der Waals surface area contributed by atoms with E-state index >= 15 is 0 Å². The zero-order chi connectivity index (χ0) is 18.6. The SMILES string of the molecule is CCCC(=O)NC1CCCN(c2cccc(S(C)(=O)=O)c2[N+](=O)[O-])C1. The van der Waals surface area contributed by atoms with Gasteiger partial charge in [-0.25, -0.2) is 8.42 Å². The number of nitrogens with one attached hydrogen (secondary N) is 1. The third-order valence-electron chi connectivity index (χ3n) is 4.16. The quantitative estimate of drug-likeness (QED) is 0.606. The average molecular weight is 369 g/mol. The Kier molecular flexibility index (Phi) is 5.99. The number of piperidine rings is 1. The van der Waals surface area contributed by atoms with E-state index in [-0.39, 0.29) is 22.5 Å². The highest BCUT2D eigenvalue weighted by Crippen LogP contribution is 2.35. The van der Waals surface area contributed by atoms with E-state index in [1.807, 2.05) is 6.92 Å². The zero-order valence-corrected chi connectivity index (χ0v) is 15.2. The van der Waals surface area contributed by atoms with Crippen LogP contribution < -0.4 is 10.2 Å². The Hall–Kier alpha value is -2.16. The van der Waals surface area contributed by atoms with Gasteiger partial charge in [0, 0.05) is 31.8 Å². The Balaban J connectivity index is 2.31. The van der Waals surface area contributed by atoms with Crippen LogP contribution in [-0.4, -0.2) is 44.6 Å². The number of nitro groups is 1. The summed E-state index contributed by atoms with van der Waals surface area (Å²) in [5, 5.41) is 14.5. The Morgan fingerprint density at radius 2 is 2.16 bits per heavy atom. The maximum Gasteiger partial charge on any atom is 0.311 e. The minimum absolute atomic E-state index is 0.0336. The molecule has 8 nitrogen and oxygen atoms in total. The van der Waals surface area contributed by atoms with Gasteiger partial charge in [-0.1, -0.05) is 13.0 Å². The second-order valence-electron chi connectivity index (χ2n) is 6.26. The van der Waals surface area contributed by atoms with E-state index in [2.05, 4.69) is 5.32 Å². The summed E-state index contributed by atoms with van der Waals surface area (Å²) in [7, 11) is -3.72. The van der Waals surface area contributed by atoms with Crippen molar-refractivity contribution in [2.24, 2.45) is 0 Å². The lowest BCUT2D eigenvalue weighted by molar-refractivity contribution is -0.387. The molecule has 1 fully saturated rings. The van der Waals surface area contributed by atoms with Crippen molar-refractivity contribution in [1.82, 2.24) is 5.32 Å². The Morgan fingerprint density at radius 3 is 2.76 bits per heavy atom. The predicted molar refractivity (Wildman–Crippen MR) is 94.5 cm³/mol. The summed E-state index contributed by atoms with van der Waals surface area (Å²) in [6.07, 6.45) is 3.72. The van der Waals surface area contributed by atoms with Crippen molar-refractivity contribution in [1.29, 1.82) is 0 Å². The van der Waals surface area contributed by atoms with Crippen molar-refractivity contribution in [3.8, 4) is 0 Å². The van der Waals surface area contributed by atoms with Crippen LogP contribution >= 0.6 is 0 Å². The first-order valence-corrected chi connectivity index (χ1v) is 10.1. The number of para-hydroxylation sites is 1. The summed E-state index contributed by atoms with van der Waals surface area (Å²) in [6, 6.07) is 4.22. The van der Waals surface area contributed by atoms with E-state index in [0.717, 1.165) is 25.5 Å². The van der Waals surface area contributed by atoms with E-state index in [1.54, 1.807) is 11.0 Å². The number of nitro benzene ring substituents is 1. The van der Waals surface area contributed by atoms with E-state index in [0.29, 0.717) is 19.5 Å². The number of sulfone groups is 1. The lowest BCUT2D eigenvalue weighted by Crippen LogP contribution is -2.48. The average Bonchev–Trinajstić information content (AvgIpc) is 2.53. The molecule has 1 unspecified atom stereocenters. The number of benzene rings is 1. The van der Waals surface area contributed by atoms with E-state index in [9.17, 15) is 23.3 Å². The Labute approximate surface area is 147 Å². The lowest BCUT2D eigenvalue weighted by Gasteiger charge is -2.34. The largest absolute Gasteiger partial charge is 0.364 e. The third-order valence-corrected chi connectivity index (χ3v) is 5.29. The van der Waals surface area contributed by atoms with Gasteiger partial charge in [-0.15, -0.1) is 0 Å². The van der Waals surface area contributed by atoms with Crippen molar-refractivity contribution in [2.75, 3.05) is 24.2 Å². The van der Waals surface area contributed by atoms with Crippen LogP contribution in [0, 0.1) is 10.1 Å². The van der Waals surface area contributed by atoms with Crippen LogP contribution in [0.2, 0.25) is 0 Å². The van der Waals surface area contributed by atoms with Crippen LogP contribution in [0.4, 0.5) is 11.4 Å². The highest BCUT2D eigenvalue weighted by Gasteiger charge is 2.31. The lowest BCUT2D eigenvalue weighted by atomic mass is 10.0. The minimum atomic E-state index is -3.72. The maximum atomic E-state index is 11.9. The smallest absolute Gasteiger partial charge is 0.311 e. The number of rotatable bonds is 6. The van der Waals surface area contributed by atoms with Gasteiger partial charge < -0.3 is 10.2 Å². The molecule has 1 aliphatic heterocycles. The van der Waals surface area contributed by atoms with Gasteiger partial charge in [0.1, 0.15) is 10.6 Å². The summed E-state index contributed by atoms with van der Waals surface area (Å²) in [6.45, 7) is 2.92. The van der Waals surface area contributed by atoms with Gasteiger partial charge in [-0.3, -0.25) is 14.9 Å². The zero-order valence-electron chi connectivity index (χ0n) is 14.4. The standard InChI is InChI=1S/C16H23N3O5S/c1-3-6-15(20)17-12-7-5-10-18(11-12)13-8-4-9-14(25(2,23)24)16(13)19(21)22/h4,8-9,12H,3,5-7,10-11H2,1-2H3,(H,17,20). The molecule has 1 saturated heterocycles. The van der Waals surface area contributed by atoms with Crippen molar-refractivity contribution < 1.29 is 18.1 Å². The monoisotopic (exact) mass is 369 g/mol. The van der Waals surface area contributed by atoms with Crippen LogP contribution in [0.5, 0.6) is 0 Å². The van der Waals surface area contributed by atoms with Crippen LogP contribution in [0.25, 0.3) is 0 Å². The molecule has 0 radical (unpaired) electrons. The summed E-state index contributed by atoms with van der Waals surface area (Å²) in [5.41, 5.74) is -0.118. The number of amides is 1. The molecule has 1 heterocycles. The van der Waals surface area contributed by atoms with Gasteiger partial charge in [-0.2, -0.15) is 0 Å². The van der Waals surface area contributed by atoms with Crippen LogP contribution in [0.1, 0.15) is 32.6 Å². The maximum absolute atomic E-state index is 11.9. The first kappa shape index (κ1) is 19.2. The molecule has 0 bridgehead atoms. The molecule has 25 heavy (non-hydrogen) atoms. The molecule has 0 saturated carbocycles. The number of carbonyl (C=O) groups is 1. The van der Waals surface area contributed by atoms with E-state index in [4.69, 9.17) is 0 Å². The fraction of sp³-hybridized carbons (Fsp3) is 0.562. The molecule has 1 atom stereocenters. The van der Waals surface area contributed by atoms with Gasteiger partial charge in [0.25, 0.3) is 0 Å². The number of carbonyl (C=O) groups excluding carboxylic acids is 1. The molecule has 138 valence electrons. The molecule has 1 aromatic rings. The second-order valence-corrected chi connectivity index (χ2v) is 8.24. The van der Waals surface area contributed by atoms with Gasteiger partial charge in [0.15, 0.2) is 9.84 Å². The first-order chi connectivity index (χ1) is 11.7. The molecule has 1 amide bonds. The number of anilines is 1. The molecule has 1 aliphatic rings. The highest BCUT2D eigenvalue weighted by molar-refractivity contribution is 7.90. The molecule has 0 aromatic heterocycles. The number of hydrogen-bond donors (Lipinski definition) is 1. The van der Waals surface area contributed by atoms with Gasteiger partial charge in [-0.05, 0) is 31.4 Å². The van der Waals surface area contributed by atoms with Crippen LogP contribution in [0.3, 0.4) is 0 Å². The van der Waals surface area contributed by atoms with Gasteiger partial charge >= 0.3 is 5.69 Å². The summed E-state index contributed by atoms with van der Waals surface area (Å²) in [4.78, 5) is 24.2. The molecule has 0 spiro atoms. The topological polar surface area (TPSA) is 110 Å². The van der Waals surface area contributed by atoms with Crippen molar-refractivity contribution in [3.63, 3.8) is 0 Å². The summed E-state index contributed by atoms with van der Waals surface area (Å²) >= 11 is 0. The predicted octanol–water partition coefficient (Wildman–Crippen LogP) is 1.88. The van der Waals surface area contributed by atoms with Crippen molar-refractivity contribution >= 4 is 27.1 Å². The molecular formula is C16H23N3O5S. The Bertz CT molecular complexity index is 763. The third kappa shape index (κ3) is 4.68. The first-order valence-electron chi connectivity index (χ1n) is 8.25. The minimum Gasteiger partial charge on any atom is -0.364 e. The van der Waals surface area contributed by atoms with Crippen LogP contribution in [0.15, 0.2) is 23.1 Å². The molecule has 2 rings (SSSR count). The number of hydrogen-bond acceptors (Lipinski definition) is 6. The normalized spacial score (nSPS) is 18.0. The molecule has 1 aromatic carbocycles. The molecular weight excluding hydrogens is 346 g/mol. The Morgan fingerprint density at radius 1 is 1.44 bits per heavy atom. The van der Waals surface area contributed by atoms with E-state index < -0.39 is 20.4 Å². The molecule has 1 N–H and O–H groups in total. The van der Waals surface area contributed by atoms with Crippen molar-refractivity contribution in [3.05, 3.63) is 28.3 Å². The van der Waals surface area contributed by atoms with Crippen molar-refractivity contribution in [2.45, 2.75) is 43.5 Å². The van der Waals surface area contributed by atoms with Crippen LogP contribution in [-0.2, 0) is 14.6 Å². The fourth-order valence-electron chi connectivity index (χ4n) is 3.09. The molecule has 9 heteroatoms. The fourth-order valence-corrected chi connectivity index (χ4v) is 3.95. The van der Waals surface area contributed by atoms with E-state index in [1.165, 1.54) is 12.1 Å².